The number of rotatable bonds is 2. The van der Waals surface area contributed by atoms with Gasteiger partial charge in [0.15, 0.2) is 0 Å². The highest BCUT2D eigenvalue weighted by atomic mass is 16.3. The third-order valence-electron chi connectivity index (χ3n) is 2.33. The van der Waals surface area contributed by atoms with Gasteiger partial charge in [0, 0.05) is 6.61 Å². The normalized spacial score (nSPS) is 11.7. The van der Waals surface area contributed by atoms with E-state index in [9.17, 15) is 5.11 Å². The van der Waals surface area contributed by atoms with Crippen LogP contribution in [0.4, 0.5) is 0 Å². The smallest absolute Gasteiger partial charge is 0.118 e. The van der Waals surface area contributed by atoms with Gasteiger partial charge in [0.05, 0.1) is 0 Å². The van der Waals surface area contributed by atoms with Crippen LogP contribution in [-0.2, 0) is 11.8 Å². The van der Waals surface area contributed by atoms with Gasteiger partial charge in [-0.15, -0.1) is 0 Å². The van der Waals surface area contributed by atoms with E-state index in [0.717, 1.165) is 5.56 Å². The van der Waals surface area contributed by atoms with Crippen LogP contribution in [0.3, 0.4) is 0 Å². The fourth-order valence-electron chi connectivity index (χ4n) is 1.37. The molecular weight excluding hydrogens is 176 g/mol. The monoisotopic (exact) mass is 194 g/mol. The first-order valence-electron chi connectivity index (χ1n) is 4.88. The summed E-state index contributed by atoms with van der Waals surface area (Å²) in [4.78, 5) is 0. The van der Waals surface area contributed by atoms with Crippen LogP contribution in [0.15, 0.2) is 18.2 Å². The highest BCUT2D eigenvalue weighted by Crippen LogP contribution is 2.27. The van der Waals surface area contributed by atoms with Gasteiger partial charge in [0.1, 0.15) is 5.75 Å². The molecule has 2 heteroatoms. The van der Waals surface area contributed by atoms with E-state index in [0.29, 0.717) is 6.42 Å². The average Bonchev–Trinajstić information content (AvgIpc) is 2.07. The molecule has 1 aromatic carbocycles. The van der Waals surface area contributed by atoms with Gasteiger partial charge >= 0.3 is 0 Å². The maximum atomic E-state index is 9.52. The van der Waals surface area contributed by atoms with Crippen molar-refractivity contribution in [3.63, 3.8) is 0 Å². The molecule has 0 radical (unpaired) electrons. The minimum atomic E-state index is 0.0706. The predicted octanol–water partition coefficient (Wildman–Crippen LogP) is 2.22. The Morgan fingerprint density at radius 2 is 1.86 bits per heavy atom. The van der Waals surface area contributed by atoms with Crippen LogP contribution in [-0.4, -0.2) is 16.8 Å². The summed E-state index contributed by atoms with van der Waals surface area (Å²) in [6.45, 7) is 6.45. The molecule has 0 bridgehead atoms. The quantitative estimate of drug-likeness (QED) is 0.758. The molecule has 0 spiro atoms. The average molecular weight is 194 g/mol. The fourth-order valence-corrected chi connectivity index (χ4v) is 1.37. The molecule has 0 unspecified atom stereocenters. The lowest BCUT2D eigenvalue weighted by Gasteiger charge is -2.20. The Bertz CT molecular complexity index is 311. The van der Waals surface area contributed by atoms with Crippen LogP contribution >= 0.6 is 0 Å². The minimum Gasteiger partial charge on any atom is -0.508 e. The van der Waals surface area contributed by atoms with Crippen LogP contribution in [0, 0.1) is 0 Å². The molecule has 0 saturated heterocycles. The van der Waals surface area contributed by atoms with Crippen molar-refractivity contribution in [1.82, 2.24) is 0 Å². The maximum absolute atomic E-state index is 9.52. The fraction of sp³-hybridized carbons (Fsp3) is 0.500. The second-order valence-corrected chi connectivity index (χ2v) is 4.57. The molecule has 0 aliphatic rings. The van der Waals surface area contributed by atoms with Crippen molar-refractivity contribution in [3.8, 4) is 5.75 Å². The summed E-state index contributed by atoms with van der Waals surface area (Å²) in [5.41, 5.74) is 2.08. The number of aromatic hydroxyl groups is 1. The Morgan fingerprint density at radius 1 is 1.21 bits per heavy atom. The number of benzene rings is 1. The molecule has 0 amide bonds. The largest absolute Gasteiger partial charge is 0.508 e. The molecule has 2 nitrogen and oxygen atoms in total. The van der Waals surface area contributed by atoms with E-state index in [4.69, 9.17) is 5.11 Å². The second-order valence-electron chi connectivity index (χ2n) is 4.57. The third kappa shape index (κ3) is 2.48. The summed E-state index contributed by atoms with van der Waals surface area (Å²) < 4.78 is 0. The van der Waals surface area contributed by atoms with Crippen molar-refractivity contribution in [2.75, 3.05) is 6.61 Å². The molecule has 0 aliphatic carbocycles. The van der Waals surface area contributed by atoms with E-state index >= 15 is 0 Å². The van der Waals surface area contributed by atoms with Crippen LogP contribution in [0.2, 0.25) is 0 Å². The molecule has 0 atom stereocenters. The van der Waals surface area contributed by atoms with Gasteiger partial charge in [0.25, 0.3) is 0 Å². The Balaban J connectivity index is 3.06. The van der Waals surface area contributed by atoms with Gasteiger partial charge in [-0.3, -0.25) is 0 Å². The van der Waals surface area contributed by atoms with Crippen molar-refractivity contribution >= 4 is 0 Å². The number of phenols is 1. The van der Waals surface area contributed by atoms with Crippen molar-refractivity contribution < 1.29 is 10.2 Å². The summed E-state index contributed by atoms with van der Waals surface area (Å²) in [6.07, 6.45) is 0.510. The SMILES string of the molecule is CC(C)(C)c1ccc(O)c(CCO)c1. The van der Waals surface area contributed by atoms with Crippen LogP contribution in [0.25, 0.3) is 0 Å². The Hall–Kier alpha value is -1.02. The molecule has 78 valence electrons. The first-order valence-corrected chi connectivity index (χ1v) is 4.88. The number of aliphatic hydroxyl groups is 1. The summed E-state index contributed by atoms with van der Waals surface area (Å²) in [6, 6.07) is 5.59. The second kappa shape index (κ2) is 4.01. The maximum Gasteiger partial charge on any atom is 0.118 e. The highest BCUT2D eigenvalue weighted by Gasteiger charge is 2.14. The first-order chi connectivity index (χ1) is 6.45. The first kappa shape index (κ1) is 11.1. The molecule has 0 saturated carbocycles. The molecule has 0 aromatic heterocycles. The highest BCUT2D eigenvalue weighted by molar-refractivity contribution is 5.38. The standard InChI is InChI=1S/C12H18O2/c1-12(2,3)10-4-5-11(14)9(8-10)6-7-13/h4-5,8,13-14H,6-7H2,1-3H3. The van der Waals surface area contributed by atoms with Crippen LogP contribution < -0.4 is 0 Å². The molecule has 0 fully saturated rings. The predicted molar refractivity (Wildman–Crippen MR) is 57.6 cm³/mol. The van der Waals surface area contributed by atoms with Crippen molar-refractivity contribution in [3.05, 3.63) is 29.3 Å². The van der Waals surface area contributed by atoms with Gasteiger partial charge < -0.3 is 10.2 Å². The third-order valence-corrected chi connectivity index (χ3v) is 2.33. The van der Waals surface area contributed by atoms with Crippen LogP contribution in [0.5, 0.6) is 5.75 Å². The Kier molecular flexibility index (Phi) is 3.17. The van der Waals surface area contributed by atoms with E-state index in [-0.39, 0.29) is 17.8 Å². The van der Waals surface area contributed by atoms with E-state index in [1.165, 1.54) is 5.56 Å². The minimum absolute atomic E-state index is 0.0706. The molecule has 1 aromatic rings. The summed E-state index contributed by atoms with van der Waals surface area (Å²) >= 11 is 0. The zero-order chi connectivity index (χ0) is 10.8. The zero-order valence-corrected chi connectivity index (χ0v) is 9.04. The van der Waals surface area contributed by atoms with E-state index < -0.39 is 0 Å². The molecule has 1 rings (SSSR count). The summed E-state index contributed by atoms with van der Waals surface area (Å²) in [5, 5.41) is 18.3. The Labute approximate surface area is 85.2 Å². The van der Waals surface area contributed by atoms with E-state index in [1.54, 1.807) is 6.07 Å². The van der Waals surface area contributed by atoms with E-state index in [2.05, 4.69) is 20.8 Å². The van der Waals surface area contributed by atoms with Gasteiger partial charge in [-0.25, -0.2) is 0 Å². The Morgan fingerprint density at radius 3 is 2.36 bits per heavy atom. The van der Waals surface area contributed by atoms with Crippen molar-refractivity contribution in [2.24, 2.45) is 0 Å². The summed E-state index contributed by atoms with van der Waals surface area (Å²) in [7, 11) is 0. The number of hydrogen-bond acceptors (Lipinski definition) is 2. The van der Waals surface area contributed by atoms with Crippen molar-refractivity contribution in [1.29, 1.82) is 0 Å². The number of phenolic OH excluding ortho intramolecular Hbond substituents is 1. The molecule has 2 N–H and O–H groups in total. The van der Waals surface area contributed by atoms with Gasteiger partial charge in [0.2, 0.25) is 0 Å². The number of aliphatic hydroxyl groups excluding tert-OH is 1. The lowest BCUT2D eigenvalue weighted by molar-refractivity contribution is 0.297. The lowest BCUT2D eigenvalue weighted by Crippen LogP contribution is -2.11. The topological polar surface area (TPSA) is 40.5 Å². The van der Waals surface area contributed by atoms with Gasteiger partial charge in [-0.1, -0.05) is 32.9 Å². The zero-order valence-electron chi connectivity index (χ0n) is 9.04. The molecule has 0 aliphatic heterocycles. The van der Waals surface area contributed by atoms with Gasteiger partial charge in [-0.2, -0.15) is 0 Å². The lowest BCUT2D eigenvalue weighted by atomic mass is 9.86. The molecule has 0 heterocycles. The molecular formula is C12H18O2. The molecule has 14 heavy (non-hydrogen) atoms. The van der Waals surface area contributed by atoms with E-state index in [1.807, 2.05) is 12.1 Å². The number of hydrogen-bond donors (Lipinski definition) is 2. The van der Waals surface area contributed by atoms with Crippen molar-refractivity contribution in [2.45, 2.75) is 32.6 Å². The van der Waals surface area contributed by atoms with Crippen LogP contribution in [0.1, 0.15) is 31.9 Å². The van der Waals surface area contributed by atoms with Gasteiger partial charge in [-0.05, 0) is 29.0 Å². The summed E-state index contributed by atoms with van der Waals surface area (Å²) in [5.74, 6) is 0.270.